The molecule has 0 aliphatic carbocycles. The zero-order chi connectivity index (χ0) is 18.5. The second-order valence-corrected chi connectivity index (χ2v) is 9.71. The van der Waals surface area contributed by atoms with Crippen LogP contribution in [0.1, 0.15) is 58.4 Å². The van der Waals surface area contributed by atoms with Gasteiger partial charge in [-0.25, -0.2) is 0 Å². The smallest absolute Gasteiger partial charge is 0.251 e. The second-order valence-electron chi connectivity index (χ2n) is 6.99. The van der Waals surface area contributed by atoms with Crippen molar-refractivity contribution in [3.05, 3.63) is 70.8 Å². The van der Waals surface area contributed by atoms with E-state index in [1.165, 1.54) is 28.2 Å². The van der Waals surface area contributed by atoms with Crippen LogP contribution in [0.4, 0.5) is 0 Å². The van der Waals surface area contributed by atoms with Gasteiger partial charge in [-0.1, -0.05) is 57.2 Å². The van der Waals surface area contributed by atoms with Gasteiger partial charge < -0.3 is 5.32 Å². The first kappa shape index (κ1) is 19.4. The molecule has 1 atom stereocenters. The minimum Gasteiger partial charge on any atom is -0.345 e. The van der Waals surface area contributed by atoms with Gasteiger partial charge in [0.25, 0.3) is 5.91 Å². The van der Waals surface area contributed by atoms with Gasteiger partial charge in [0.2, 0.25) is 0 Å². The molecule has 2 aromatic rings. The molecule has 1 aliphatic heterocycles. The van der Waals surface area contributed by atoms with Crippen LogP contribution in [0.2, 0.25) is 0 Å². The molecule has 0 saturated carbocycles. The van der Waals surface area contributed by atoms with E-state index in [4.69, 9.17) is 0 Å². The van der Waals surface area contributed by atoms with Crippen molar-refractivity contribution in [3.63, 3.8) is 0 Å². The van der Waals surface area contributed by atoms with Crippen LogP contribution in [0, 0.1) is 5.92 Å². The van der Waals surface area contributed by atoms with Crippen molar-refractivity contribution in [2.75, 3.05) is 11.5 Å². The summed E-state index contributed by atoms with van der Waals surface area (Å²) in [4.78, 5) is 12.8. The molecule has 0 spiro atoms. The third-order valence-electron chi connectivity index (χ3n) is 4.77. The first-order valence-corrected chi connectivity index (χ1v) is 11.4. The molecule has 4 heteroatoms. The summed E-state index contributed by atoms with van der Waals surface area (Å²) in [6.07, 6.45) is 1.03. The highest BCUT2D eigenvalue weighted by Crippen LogP contribution is 2.45. The summed E-state index contributed by atoms with van der Waals surface area (Å²) in [6, 6.07) is 16.7. The highest BCUT2D eigenvalue weighted by atomic mass is 32.2. The maximum Gasteiger partial charge on any atom is 0.251 e. The van der Waals surface area contributed by atoms with Crippen molar-refractivity contribution in [2.24, 2.45) is 5.92 Å². The Balaban J connectivity index is 1.70. The first-order chi connectivity index (χ1) is 12.6. The van der Waals surface area contributed by atoms with Crippen molar-refractivity contribution in [1.29, 1.82) is 0 Å². The van der Waals surface area contributed by atoms with Crippen molar-refractivity contribution in [2.45, 2.75) is 37.8 Å². The lowest BCUT2D eigenvalue weighted by Crippen LogP contribution is -2.31. The maximum absolute atomic E-state index is 12.8. The van der Waals surface area contributed by atoms with Gasteiger partial charge in [-0.15, -0.1) is 23.5 Å². The third kappa shape index (κ3) is 4.66. The van der Waals surface area contributed by atoms with Gasteiger partial charge in [0.1, 0.15) is 0 Å². The summed E-state index contributed by atoms with van der Waals surface area (Å²) >= 11 is 3.97. The molecular weight excluding hydrogens is 358 g/mol. The van der Waals surface area contributed by atoms with E-state index < -0.39 is 0 Å². The van der Waals surface area contributed by atoms with Crippen molar-refractivity contribution < 1.29 is 4.79 Å². The highest BCUT2D eigenvalue weighted by molar-refractivity contribution is 8.19. The number of amides is 1. The lowest BCUT2D eigenvalue weighted by atomic mass is 9.94. The lowest BCUT2D eigenvalue weighted by molar-refractivity contribution is 0.0925. The SMILES string of the molecule is CCc1ccc(C(NC(=O)c2ccc(C3SCCS3)cc2)C(C)C)cc1. The molecule has 2 aromatic carbocycles. The minimum absolute atomic E-state index is 0.00143. The molecule has 26 heavy (non-hydrogen) atoms. The summed E-state index contributed by atoms with van der Waals surface area (Å²) in [5.41, 5.74) is 4.53. The molecule has 1 heterocycles. The number of aryl methyl sites for hydroxylation is 1. The van der Waals surface area contributed by atoms with Gasteiger partial charge in [-0.2, -0.15) is 0 Å². The number of benzene rings is 2. The van der Waals surface area contributed by atoms with E-state index in [1.807, 2.05) is 35.7 Å². The standard InChI is InChI=1S/C22H27NOS2/c1-4-16-5-7-17(8-6-16)20(15(2)3)23-21(24)18-9-11-19(12-10-18)22-25-13-14-26-22/h5-12,15,20,22H,4,13-14H2,1-3H3,(H,23,24). The van der Waals surface area contributed by atoms with E-state index >= 15 is 0 Å². The van der Waals surface area contributed by atoms with Crippen molar-refractivity contribution in [3.8, 4) is 0 Å². The van der Waals surface area contributed by atoms with E-state index in [0.717, 1.165) is 12.0 Å². The molecule has 2 nitrogen and oxygen atoms in total. The average molecular weight is 386 g/mol. The van der Waals surface area contributed by atoms with Crippen LogP contribution in [0.5, 0.6) is 0 Å². The summed E-state index contributed by atoms with van der Waals surface area (Å²) < 4.78 is 0.521. The number of thioether (sulfide) groups is 2. The second kappa shape index (κ2) is 9.01. The van der Waals surface area contributed by atoms with Crippen LogP contribution in [0.15, 0.2) is 48.5 Å². The molecule has 138 valence electrons. The normalized spacial score (nSPS) is 16.0. The highest BCUT2D eigenvalue weighted by Gasteiger charge is 2.21. The van der Waals surface area contributed by atoms with E-state index in [-0.39, 0.29) is 11.9 Å². The zero-order valence-electron chi connectivity index (χ0n) is 15.7. The molecule has 0 aromatic heterocycles. The van der Waals surface area contributed by atoms with Gasteiger partial charge in [-0.05, 0) is 41.2 Å². The Labute approximate surface area is 165 Å². The Bertz CT molecular complexity index is 719. The molecule has 1 unspecified atom stereocenters. The molecule has 1 saturated heterocycles. The quantitative estimate of drug-likeness (QED) is 0.676. The monoisotopic (exact) mass is 385 g/mol. The third-order valence-corrected chi connectivity index (χ3v) is 7.87. The lowest BCUT2D eigenvalue weighted by Gasteiger charge is -2.23. The van der Waals surface area contributed by atoms with Crippen molar-refractivity contribution in [1.82, 2.24) is 5.32 Å². The van der Waals surface area contributed by atoms with E-state index in [1.54, 1.807) is 0 Å². The van der Waals surface area contributed by atoms with Gasteiger partial charge in [0.05, 0.1) is 10.6 Å². The van der Waals surface area contributed by atoms with Crippen LogP contribution in [0.25, 0.3) is 0 Å². The minimum atomic E-state index is 0.00143. The largest absolute Gasteiger partial charge is 0.345 e. The molecule has 1 N–H and O–H groups in total. The first-order valence-electron chi connectivity index (χ1n) is 9.31. The number of carbonyl (C=O) groups excluding carboxylic acids is 1. The fourth-order valence-corrected chi connectivity index (χ4v) is 6.02. The summed E-state index contributed by atoms with van der Waals surface area (Å²) in [6.45, 7) is 6.45. The Morgan fingerprint density at radius 2 is 1.65 bits per heavy atom. The van der Waals surface area contributed by atoms with Gasteiger partial charge >= 0.3 is 0 Å². The van der Waals surface area contributed by atoms with Gasteiger partial charge in [0.15, 0.2) is 0 Å². The molecule has 0 bridgehead atoms. The molecule has 3 rings (SSSR count). The zero-order valence-corrected chi connectivity index (χ0v) is 17.3. The van der Waals surface area contributed by atoms with Crippen LogP contribution in [-0.2, 0) is 6.42 Å². The maximum atomic E-state index is 12.8. The predicted molar refractivity (Wildman–Crippen MR) is 115 cm³/mol. The number of hydrogen-bond donors (Lipinski definition) is 1. The number of carbonyl (C=O) groups is 1. The average Bonchev–Trinajstić information content (AvgIpc) is 3.21. The van der Waals surface area contributed by atoms with Gasteiger partial charge in [0, 0.05) is 17.1 Å². The number of rotatable bonds is 6. The van der Waals surface area contributed by atoms with E-state index in [0.29, 0.717) is 10.5 Å². The number of nitrogens with one attached hydrogen (secondary N) is 1. The topological polar surface area (TPSA) is 29.1 Å². The Morgan fingerprint density at radius 3 is 2.19 bits per heavy atom. The fraction of sp³-hybridized carbons (Fsp3) is 0.409. The van der Waals surface area contributed by atoms with E-state index in [2.05, 4.69) is 62.5 Å². The molecular formula is C22H27NOS2. The van der Waals surface area contributed by atoms with Crippen LogP contribution >= 0.6 is 23.5 Å². The summed E-state index contributed by atoms with van der Waals surface area (Å²) in [5.74, 6) is 2.76. The molecule has 1 fully saturated rings. The number of hydrogen-bond acceptors (Lipinski definition) is 3. The summed E-state index contributed by atoms with van der Waals surface area (Å²) in [7, 11) is 0. The Hall–Kier alpha value is -1.39. The molecule has 1 amide bonds. The van der Waals surface area contributed by atoms with Crippen molar-refractivity contribution >= 4 is 29.4 Å². The van der Waals surface area contributed by atoms with Crippen LogP contribution < -0.4 is 5.32 Å². The van der Waals surface area contributed by atoms with Gasteiger partial charge in [-0.3, -0.25) is 4.79 Å². The van der Waals surface area contributed by atoms with Crippen LogP contribution in [0.3, 0.4) is 0 Å². The Kier molecular flexibility index (Phi) is 6.71. The van der Waals surface area contributed by atoms with Crippen LogP contribution in [-0.4, -0.2) is 17.4 Å². The predicted octanol–water partition coefficient (Wildman–Crippen LogP) is 5.85. The summed E-state index contributed by atoms with van der Waals surface area (Å²) in [5, 5.41) is 3.23. The van der Waals surface area contributed by atoms with E-state index in [9.17, 15) is 4.79 Å². The molecule has 1 aliphatic rings. The Morgan fingerprint density at radius 1 is 1.04 bits per heavy atom. The fourth-order valence-electron chi connectivity index (χ4n) is 3.16. The molecule has 0 radical (unpaired) electrons.